The molecule has 0 saturated heterocycles. The summed E-state index contributed by atoms with van der Waals surface area (Å²) in [5, 5.41) is 4.22. The highest BCUT2D eigenvalue weighted by atomic mass is 79.9. The van der Waals surface area contributed by atoms with E-state index in [0.717, 1.165) is 4.47 Å². The van der Waals surface area contributed by atoms with E-state index >= 15 is 0 Å². The van der Waals surface area contributed by atoms with Crippen molar-refractivity contribution in [1.29, 1.82) is 0 Å². The molecule has 0 atom stereocenters. The third kappa shape index (κ3) is 1.91. The number of rotatable bonds is 1. The molecule has 6 heteroatoms. The van der Waals surface area contributed by atoms with E-state index in [1.165, 1.54) is 6.07 Å². The second-order valence-corrected chi connectivity index (χ2v) is 4.34. The minimum absolute atomic E-state index is 0.405. The quantitative estimate of drug-likeness (QED) is 0.648. The number of pyridine rings is 2. The Morgan fingerprint density at radius 2 is 2.06 bits per heavy atom. The molecule has 0 aliphatic carbocycles. The van der Waals surface area contributed by atoms with Crippen molar-refractivity contribution in [1.82, 2.24) is 19.6 Å². The van der Waals surface area contributed by atoms with Gasteiger partial charge in [0.15, 0.2) is 5.65 Å². The predicted octanol–water partition coefficient (Wildman–Crippen LogP) is 2.69. The third-order valence-corrected chi connectivity index (χ3v) is 2.74. The van der Waals surface area contributed by atoms with Gasteiger partial charge in [-0.1, -0.05) is 22.0 Å². The zero-order valence-electron chi connectivity index (χ0n) is 8.51. The number of hydrogen-bond acceptors (Lipinski definition) is 3. The minimum Gasteiger partial charge on any atom is -0.220 e. The van der Waals surface area contributed by atoms with Gasteiger partial charge in [-0.15, -0.1) is 5.10 Å². The largest absolute Gasteiger partial charge is 0.220 e. The number of aromatic nitrogens is 4. The van der Waals surface area contributed by atoms with Gasteiger partial charge < -0.3 is 0 Å². The fourth-order valence-electron chi connectivity index (χ4n) is 1.50. The Kier molecular flexibility index (Phi) is 2.36. The lowest BCUT2D eigenvalue weighted by molar-refractivity contribution is 0.585. The van der Waals surface area contributed by atoms with Gasteiger partial charge in [0.25, 0.3) is 0 Å². The lowest BCUT2D eigenvalue weighted by Gasteiger charge is -1.92. The number of halogens is 2. The first kappa shape index (κ1) is 10.3. The van der Waals surface area contributed by atoms with E-state index < -0.39 is 5.95 Å². The Morgan fingerprint density at radius 3 is 2.88 bits per heavy atom. The van der Waals surface area contributed by atoms with Crippen LogP contribution in [0.5, 0.6) is 0 Å². The SMILES string of the molecule is Fc1cccc(-c2nc3cc(Br)ccn3n2)n1. The van der Waals surface area contributed by atoms with Crippen LogP contribution < -0.4 is 0 Å². The van der Waals surface area contributed by atoms with Gasteiger partial charge in [0.2, 0.25) is 11.8 Å². The molecule has 17 heavy (non-hydrogen) atoms. The number of hydrogen-bond donors (Lipinski definition) is 0. The molecule has 0 spiro atoms. The average molecular weight is 293 g/mol. The summed E-state index contributed by atoms with van der Waals surface area (Å²) >= 11 is 3.35. The summed E-state index contributed by atoms with van der Waals surface area (Å²) in [5.41, 5.74) is 1.10. The second kappa shape index (κ2) is 3.89. The van der Waals surface area contributed by atoms with E-state index in [9.17, 15) is 4.39 Å². The topological polar surface area (TPSA) is 43.1 Å². The Labute approximate surface area is 104 Å². The van der Waals surface area contributed by atoms with Crippen molar-refractivity contribution >= 4 is 21.6 Å². The van der Waals surface area contributed by atoms with Crippen molar-refractivity contribution < 1.29 is 4.39 Å². The van der Waals surface area contributed by atoms with Crippen LogP contribution in [-0.4, -0.2) is 19.6 Å². The minimum atomic E-state index is -0.539. The highest BCUT2D eigenvalue weighted by Crippen LogP contribution is 2.16. The van der Waals surface area contributed by atoms with Crippen LogP contribution in [0.1, 0.15) is 0 Å². The Morgan fingerprint density at radius 1 is 1.18 bits per heavy atom. The van der Waals surface area contributed by atoms with Crippen LogP contribution in [0.15, 0.2) is 41.0 Å². The summed E-state index contributed by atoms with van der Waals surface area (Å²) in [4.78, 5) is 8.02. The Bertz CT molecular complexity index is 695. The van der Waals surface area contributed by atoms with Gasteiger partial charge in [-0.2, -0.15) is 4.39 Å². The van der Waals surface area contributed by atoms with Crippen molar-refractivity contribution in [2.75, 3.05) is 0 Å². The highest BCUT2D eigenvalue weighted by Gasteiger charge is 2.08. The fourth-order valence-corrected chi connectivity index (χ4v) is 1.82. The van der Waals surface area contributed by atoms with Crippen LogP contribution in [0.3, 0.4) is 0 Å². The standard InChI is InChI=1S/C11H6BrFN4/c12-7-4-5-17-10(6-7)15-11(16-17)8-2-1-3-9(13)14-8/h1-6H. The van der Waals surface area contributed by atoms with Gasteiger partial charge in [-0.3, -0.25) is 0 Å². The molecule has 0 bridgehead atoms. The Hall–Kier alpha value is -1.82. The van der Waals surface area contributed by atoms with Crippen LogP contribution in [-0.2, 0) is 0 Å². The molecule has 0 radical (unpaired) electrons. The molecule has 3 aromatic rings. The molecule has 0 amide bonds. The molecule has 4 nitrogen and oxygen atoms in total. The summed E-state index contributed by atoms with van der Waals surface area (Å²) in [6.07, 6.45) is 1.77. The van der Waals surface area contributed by atoms with Crippen LogP contribution >= 0.6 is 15.9 Å². The van der Waals surface area contributed by atoms with E-state index in [1.54, 1.807) is 22.8 Å². The van der Waals surface area contributed by atoms with Crippen molar-refractivity contribution in [3.05, 3.63) is 46.9 Å². The van der Waals surface area contributed by atoms with Crippen LogP contribution in [0.2, 0.25) is 0 Å². The molecular weight excluding hydrogens is 287 g/mol. The average Bonchev–Trinajstić information content (AvgIpc) is 2.72. The smallest absolute Gasteiger partial charge is 0.213 e. The lowest BCUT2D eigenvalue weighted by atomic mass is 10.3. The number of nitrogens with zero attached hydrogens (tertiary/aromatic N) is 4. The molecule has 84 valence electrons. The first-order valence-corrected chi connectivity index (χ1v) is 5.66. The number of fused-ring (bicyclic) bond motifs is 1. The molecule has 0 N–H and O–H groups in total. The summed E-state index contributed by atoms with van der Waals surface area (Å²) in [5.74, 6) is -0.134. The van der Waals surface area contributed by atoms with Gasteiger partial charge >= 0.3 is 0 Å². The van der Waals surface area contributed by atoms with Crippen molar-refractivity contribution in [2.45, 2.75) is 0 Å². The molecule has 0 saturated carbocycles. The van der Waals surface area contributed by atoms with Crippen LogP contribution in [0.25, 0.3) is 17.2 Å². The van der Waals surface area contributed by atoms with Crippen molar-refractivity contribution in [3.63, 3.8) is 0 Å². The molecule has 3 rings (SSSR count). The fraction of sp³-hybridized carbons (Fsp3) is 0. The monoisotopic (exact) mass is 292 g/mol. The molecule has 3 heterocycles. The zero-order valence-corrected chi connectivity index (χ0v) is 10.1. The molecule has 0 aliphatic heterocycles. The summed E-state index contributed by atoms with van der Waals surface area (Å²) < 4.78 is 15.5. The maximum absolute atomic E-state index is 13.0. The third-order valence-electron chi connectivity index (χ3n) is 2.24. The van der Waals surface area contributed by atoms with E-state index in [0.29, 0.717) is 17.2 Å². The molecule has 3 aromatic heterocycles. The van der Waals surface area contributed by atoms with Gasteiger partial charge in [-0.25, -0.2) is 14.5 Å². The maximum atomic E-state index is 13.0. The summed E-state index contributed by atoms with van der Waals surface area (Å²) in [7, 11) is 0. The second-order valence-electron chi connectivity index (χ2n) is 3.43. The van der Waals surface area contributed by atoms with Crippen molar-refractivity contribution in [2.24, 2.45) is 0 Å². The summed E-state index contributed by atoms with van der Waals surface area (Å²) in [6.45, 7) is 0. The van der Waals surface area contributed by atoms with Crippen molar-refractivity contribution in [3.8, 4) is 11.5 Å². The van der Waals surface area contributed by atoms with Crippen LogP contribution in [0.4, 0.5) is 4.39 Å². The summed E-state index contributed by atoms with van der Waals surface area (Å²) in [6, 6.07) is 8.22. The first-order chi connectivity index (χ1) is 8.22. The molecule has 0 fully saturated rings. The van der Waals surface area contributed by atoms with Gasteiger partial charge in [0, 0.05) is 10.7 Å². The van der Waals surface area contributed by atoms with E-state index in [1.807, 2.05) is 12.1 Å². The highest BCUT2D eigenvalue weighted by molar-refractivity contribution is 9.10. The van der Waals surface area contributed by atoms with Gasteiger partial charge in [-0.05, 0) is 24.3 Å². The molecular formula is C11H6BrFN4. The maximum Gasteiger partial charge on any atom is 0.213 e. The van der Waals surface area contributed by atoms with E-state index in [2.05, 4.69) is 31.0 Å². The predicted molar refractivity (Wildman–Crippen MR) is 63.9 cm³/mol. The van der Waals surface area contributed by atoms with E-state index in [-0.39, 0.29) is 0 Å². The Balaban J connectivity index is 2.18. The van der Waals surface area contributed by atoms with Gasteiger partial charge in [0.05, 0.1) is 0 Å². The zero-order chi connectivity index (χ0) is 11.8. The van der Waals surface area contributed by atoms with Gasteiger partial charge in [0.1, 0.15) is 5.69 Å². The molecule has 0 aromatic carbocycles. The normalized spacial score (nSPS) is 10.9. The lowest BCUT2D eigenvalue weighted by Crippen LogP contribution is -1.89. The molecule has 0 unspecified atom stereocenters. The molecule has 0 aliphatic rings. The van der Waals surface area contributed by atoms with E-state index in [4.69, 9.17) is 0 Å². The first-order valence-electron chi connectivity index (χ1n) is 4.87. The van der Waals surface area contributed by atoms with Crippen LogP contribution in [0, 0.1) is 5.95 Å².